The summed E-state index contributed by atoms with van der Waals surface area (Å²) in [6.45, 7) is 0.640. The highest BCUT2D eigenvalue weighted by Gasteiger charge is 2.01. The molecule has 92 valence electrons. The lowest BCUT2D eigenvalue weighted by Crippen LogP contribution is -2.36. The third kappa shape index (κ3) is 5.77. The van der Waals surface area contributed by atoms with Gasteiger partial charge in [0.2, 0.25) is 5.91 Å². The van der Waals surface area contributed by atoms with Crippen LogP contribution >= 0.6 is 11.6 Å². The van der Waals surface area contributed by atoms with Gasteiger partial charge in [-0.1, -0.05) is 23.7 Å². The van der Waals surface area contributed by atoms with Crippen molar-refractivity contribution < 1.29 is 9.59 Å². The second-order valence-corrected chi connectivity index (χ2v) is 3.89. The Hall–Kier alpha value is -1.75. The van der Waals surface area contributed by atoms with Crippen LogP contribution in [-0.2, 0) is 11.3 Å². The van der Waals surface area contributed by atoms with Crippen LogP contribution in [0.3, 0.4) is 0 Å². The first-order valence-corrected chi connectivity index (χ1v) is 5.50. The number of nitrogens with two attached hydrogens (primary N) is 1. The van der Waals surface area contributed by atoms with Crippen molar-refractivity contribution in [1.29, 1.82) is 0 Å². The standard InChI is InChI=1S/C11H14ClN3O2/c12-9-3-1-8(2-4-9)7-15-11(17)14-6-5-10(13)16/h1-4H,5-7H2,(H2,13,16)(H2,14,15,17). The zero-order valence-electron chi connectivity index (χ0n) is 9.20. The van der Waals surface area contributed by atoms with E-state index < -0.39 is 5.91 Å². The maximum absolute atomic E-state index is 11.3. The third-order valence-corrected chi connectivity index (χ3v) is 2.28. The lowest BCUT2D eigenvalue weighted by molar-refractivity contribution is -0.117. The number of amides is 3. The molecule has 0 atom stereocenters. The molecular formula is C11H14ClN3O2. The fourth-order valence-corrected chi connectivity index (χ4v) is 1.27. The van der Waals surface area contributed by atoms with E-state index in [-0.39, 0.29) is 19.0 Å². The van der Waals surface area contributed by atoms with Gasteiger partial charge in [0, 0.05) is 24.5 Å². The molecule has 1 aromatic carbocycles. The smallest absolute Gasteiger partial charge is 0.315 e. The maximum Gasteiger partial charge on any atom is 0.315 e. The Morgan fingerprint density at radius 1 is 1.18 bits per heavy atom. The van der Waals surface area contributed by atoms with E-state index in [0.29, 0.717) is 11.6 Å². The van der Waals surface area contributed by atoms with Crippen LogP contribution in [0.1, 0.15) is 12.0 Å². The third-order valence-electron chi connectivity index (χ3n) is 2.02. The molecule has 0 heterocycles. The molecule has 0 spiro atoms. The number of nitrogens with one attached hydrogen (secondary N) is 2. The van der Waals surface area contributed by atoms with E-state index in [1.807, 2.05) is 12.1 Å². The number of primary amides is 1. The second kappa shape index (κ2) is 6.75. The minimum atomic E-state index is -0.442. The average Bonchev–Trinajstić information content (AvgIpc) is 2.28. The number of carbonyl (C=O) groups excluding carboxylic acids is 2. The highest BCUT2D eigenvalue weighted by atomic mass is 35.5. The molecule has 0 saturated heterocycles. The summed E-state index contributed by atoms with van der Waals surface area (Å²) in [6.07, 6.45) is 0.133. The summed E-state index contributed by atoms with van der Waals surface area (Å²) < 4.78 is 0. The summed E-state index contributed by atoms with van der Waals surface area (Å²) in [6, 6.07) is 6.83. The number of urea groups is 1. The molecule has 0 radical (unpaired) electrons. The maximum atomic E-state index is 11.3. The van der Waals surface area contributed by atoms with Crippen molar-refractivity contribution in [1.82, 2.24) is 10.6 Å². The quantitative estimate of drug-likeness (QED) is 0.734. The van der Waals surface area contributed by atoms with E-state index in [0.717, 1.165) is 5.56 Å². The van der Waals surface area contributed by atoms with Gasteiger partial charge in [-0.2, -0.15) is 0 Å². The first kappa shape index (κ1) is 13.3. The molecule has 6 heteroatoms. The number of carbonyl (C=O) groups is 2. The molecule has 0 aliphatic carbocycles. The molecule has 5 nitrogen and oxygen atoms in total. The van der Waals surface area contributed by atoms with Gasteiger partial charge in [-0.3, -0.25) is 4.79 Å². The molecule has 0 aliphatic rings. The van der Waals surface area contributed by atoms with E-state index >= 15 is 0 Å². The minimum Gasteiger partial charge on any atom is -0.370 e. The second-order valence-electron chi connectivity index (χ2n) is 3.45. The van der Waals surface area contributed by atoms with Crippen molar-refractivity contribution >= 4 is 23.5 Å². The Bertz CT molecular complexity index is 392. The van der Waals surface area contributed by atoms with Gasteiger partial charge in [-0.05, 0) is 17.7 Å². The topological polar surface area (TPSA) is 84.2 Å². The summed E-state index contributed by atoms with van der Waals surface area (Å²) in [4.78, 5) is 21.7. The van der Waals surface area contributed by atoms with Crippen LogP contribution < -0.4 is 16.4 Å². The molecule has 1 aromatic rings. The van der Waals surface area contributed by atoms with Gasteiger partial charge in [0.1, 0.15) is 0 Å². The molecule has 17 heavy (non-hydrogen) atoms. The first-order chi connectivity index (χ1) is 8.08. The molecule has 0 bridgehead atoms. The Balaban J connectivity index is 2.23. The van der Waals surface area contributed by atoms with E-state index in [4.69, 9.17) is 17.3 Å². The fourth-order valence-electron chi connectivity index (χ4n) is 1.15. The largest absolute Gasteiger partial charge is 0.370 e. The van der Waals surface area contributed by atoms with Gasteiger partial charge in [0.25, 0.3) is 0 Å². The van der Waals surface area contributed by atoms with E-state index in [9.17, 15) is 9.59 Å². The van der Waals surface area contributed by atoms with Gasteiger partial charge in [-0.25, -0.2) is 4.79 Å². The van der Waals surface area contributed by atoms with E-state index in [1.54, 1.807) is 12.1 Å². The van der Waals surface area contributed by atoms with E-state index in [2.05, 4.69) is 10.6 Å². The minimum absolute atomic E-state index is 0.133. The summed E-state index contributed by atoms with van der Waals surface area (Å²) in [5.41, 5.74) is 5.88. The zero-order chi connectivity index (χ0) is 12.7. The molecular weight excluding hydrogens is 242 g/mol. The van der Waals surface area contributed by atoms with Crippen LogP contribution in [0.5, 0.6) is 0 Å². The predicted molar refractivity (Wildman–Crippen MR) is 65.5 cm³/mol. The first-order valence-electron chi connectivity index (χ1n) is 5.12. The van der Waals surface area contributed by atoms with E-state index in [1.165, 1.54) is 0 Å². The molecule has 0 fully saturated rings. The van der Waals surface area contributed by atoms with Crippen LogP contribution in [0.25, 0.3) is 0 Å². The highest BCUT2D eigenvalue weighted by molar-refractivity contribution is 6.30. The SMILES string of the molecule is NC(=O)CCNC(=O)NCc1ccc(Cl)cc1. The monoisotopic (exact) mass is 255 g/mol. The average molecular weight is 256 g/mol. The Labute approximate surface area is 104 Å². The van der Waals surface area contributed by atoms with Crippen LogP contribution in [0.4, 0.5) is 4.79 Å². The number of hydrogen-bond donors (Lipinski definition) is 3. The van der Waals surface area contributed by atoms with Gasteiger partial charge in [0.15, 0.2) is 0 Å². The van der Waals surface area contributed by atoms with Gasteiger partial charge < -0.3 is 16.4 Å². The van der Waals surface area contributed by atoms with Crippen LogP contribution in [0.15, 0.2) is 24.3 Å². The molecule has 0 aliphatic heterocycles. The van der Waals surface area contributed by atoms with Crippen molar-refractivity contribution in [2.75, 3.05) is 6.54 Å². The lowest BCUT2D eigenvalue weighted by atomic mass is 10.2. The van der Waals surface area contributed by atoms with Gasteiger partial charge in [0.05, 0.1) is 0 Å². The van der Waals surface area contributed by atoms with Crippen molar-refractivity contribution in [3.63, 3.8) is 0 Å². The highest BCUT2D eigenvalue weighted by Crippen LogP contribution is 2.08. The summed E-state index contributed by atoms with van der Waals surface area (Å²) >= 11 is 5.73. The predicted octanol–water partition coefficient (Wildman–Crippen LogP) is 1.01. The van der Waals surface area contributed by atoms with Crippen molar-refractivity contribution in [3.05, 3.63) is 34.9 Å². The van der Waals surface area contributed by atoms with Gasteiger partial charge in [-0.15, -0.1) is 0 Å². The summed E-state index contributed by atoms with van der Waals surface area (Å²) in [5, 5.41) is 5.82. The summed E-state index contributed by atoms with van der Waals surface area (Å²) in [7, 11) is 0. The zero-order valence-corrected chi connectivity index (χ0v) is 9.96. The van der Waals surface area contributed by atoms with Crippen molar-refractivity contribution in [2.24, 2.45) is 5.73 Å². The van der Waals surface area contributed by atoms with Gasteiger partial charge >= 0.3 is 6.03 Å². The molecule has 1 rings (SSSR count). The fraction of sp³-hybridized carbons (Fsp3) is 0.273. The van der Waals surface area contributed by atoms with Crippen LogP contribution in [0.2, 0.25) is 5.02 Å². The molecule has 0 saturated carbocycles. The van der Waals surface area contributed by atoms with Crippen LogP contribution in [-0.4, -0.2) is 18.5 Å². The van der Waals surface area contributed by atoms with Crippen molar-refractivity contribution in [2.45, 2.75) is 13.0 Å². The number of benzene rings is 1. The van der Waals surface area contributed by atoms with Crippen molar-refractivity contribution in [3.8, 4) is 0 Å². The Morgan fingerprint density at radius 2 is 1.82 bits per heavy atom. The normalized spacial score (nSPS) is 9.71. The lowest BCUT2D eigenvalue weighted by Gasteiger charge is -2.06. The molecule has 3 amide bonds. The molecule has 0 aromatic heterocycles. The summed E-state index contributed by atoms with van der Waals surface area (Å²) in [5.74, 6) is -0.442. The number of halogens is 1. The Morgan fingerprint density at radius 3 is 2.41 bits per heavy atom. The molecule has 0 unspecified atom stereocenters. The molecule has 4 N–H and O–H groups in total. The number of hydrogen-bond acceptors (Lipinski definition) is 2. The van der Waals surface area contributed by atoms with Crippen LogP contribution in [0, 0.1) is 0 Å². The number of rotatable bonds is 5. The Kier molecular flexibility index (Phi) is 5.29.